The van der Waals surface area contributed by atoms with Gasteiger partial charge in [0.2, 0.25) is 0 Å². The lowest BCUT2D eigenvalue weighted by Crippen LogP contribution is -2.34. The van der Waals surface area contributed by atoms with Gasteiger partial charge in [0.15, 0.2) is 5.78 Å². The van der Waals surface area contributed by atoms with Gasteiger partial charge in [0.1, 0.15) is 0 Å². The van der Waals surface area contributed by atoms with E-state index in [0.29, 0.717) is 5.69 Å². The van der Waals surface area contributed by atoms with E-state index in [-0.39, 0.29) is 16.8 Å². The summed E-state index contributed by atoms with van der Waals surface area (Å²) < 4.78 is 39.7. The zero-order valence-corrected chi connectivity index (χ0v) is 23.5. The molecular weight excluding hydrogens is 501 g/mol. The van der Waals surface area contributed by atoms with E-state index in [2.05, 4.69) is 30.9 Å². The SMILES string of the molecule is CC(=O)C1=CN(c2ccc(-c3ccc(N4C=CC(C)(C)C(C(=O)C(F)(F)F)=C4)c(C)c3)cc2C)CCC1(C)C. The molecule has 2 aliphatic rings. The van der Waals surface area contributed by atoms with E-state index in [1.807, 2.05) is 44.3 Å². The average molecular weight is 537 g/mol. The highest BCUT2D eigenvalue weighted by atomic mass is 19.4. The van der Waals surface area contributed by atoms with Gasteiger partial charge in [-0.2, -0.15) is 13.2 Å². The first-order valence-electron chi connectivity index (χ1n) is 13.0. The highest BCUT2D eigenvalue weighted by Gasteiger charge is 2.45. The van der Waals surface area contributed by atoms with Gasteiger partial charge >= 0.3 is 6.18 Å². The number of allylic oxidation sites excluding steroid dienone is 3. The number of aryl methyl sites for hydroxylation is 2. The van der Waals surface area contributed by atoms with Gasteiger partial charge in [-0.25, -0.2) is 0 Å². The third-order valence-corrected chi connectivity index (χ3v) is 7.80. The number of carbonyl (C=O) groups is 2. The summed E-state index contributed by atoms with van der Waals surface area (Å²) in [5.41, 5.74) is 5.03. The molecule has 0 spiro atoms. The Hall–Kier alpha value is -3.61. The Morgan fingerprint density at radius 3 is 1.92 bits per heavy atom. The molecule has 0 aliphatic carbocycles. The number of ketones is 2. The third-order valence-electron chi connectivity index (χ3n) is 7.80. The molecule has 206 valence electrons. The fraction of sp³-hybridized carbons (Fsp3) is 0.375. The Kier molecular flexibility index (Phi) is 7.17. The molecular formula is C32H35F3N2O2. The van der Waals surface area contributed by atoms with Gasteiger partial charge in [0, 0.05) is 53.1 Å². The number of carbonyl (C=O) groups excluding carboxylic acids is 2. The molecule has 0 unspecified atom stereocenters. The van der Waals surface area contributed by atoms with Crippen molar-refractivity contribution in [3.8, 4) is 11.1 Å². The smallest absolute Gasteiger partial charge is 0.347 e. The predicted molar refractivity (Wildman–Crippen MR) is 150 cm³/mol. The van der Waals surface area contributed by atoms with Crippen molar-refractivity contribution < 1.29 is 22.8 Å². The molecule has 0 saturated heterocycles. The zero-order chi connectivity index (χ0) is 28.9. The second-order valence-corrected chi connectivity index (χ2v) is 11.7. The number of anilines is 2. The maximum absolute atomic E-state index is 13.2. The highest BCUT2D eigenvalue weighted by molar-refractivity contribution is 6.01. The van der Waals surface area contributed by atoms with Crippen molar-refractivity contribution in [1.29, 1.82) is 0 Å². The predicted octanol–water partition coefficient (Wildman–Crippen LogP) is 8.05. The van der Waals surface area contributed by atoms with Crippen LogP contribution in [-0.2, 0) is 9.59 Å². The van der Waals surface area contributed by atoms with Crippen molar-refractivity contribution in [1.82, 2.24) is 0 Å². The van der Waals surface area contributed by atoms with E-state index in [4.69, 9.17) is 0 Å². The second-order valence-electron chi connectivity index (χ2n) is 11.7. The van der Waals surface area contributed by atoms with Crippen molar-refractivity contribution in [3.63, 3.8) is 0 Å². The fourth-order valence-corrected chi connectivity index (χ4v) is 5.33. The molecule has 0 aromatic heterocycles. The Balaban J connectivity index is 1.63. The maximum atomic E-state index is 13.2. The first-order valence-corrected chi connectivity index (χ1v) is 13.0. The summed E-state index contributed by atoms with van der Waals surface area (Å²) >= 11 is 0. The number of alkyl halides is 3. The molecule has 2 aliphatic heterocycles. The van der Waals surface area contributed by atoms with Crippen LogP contribution < -0.4 is 9.80 Å². The van der Waals surface area contributed by atoms with Gasteiger partial charge < -0.3 is 9.80 Å². The van der Waals surface area contributed by atoms with Crippen LogP contribution in [0.4, 0.5) is 24.5 Å². The van der Waals surface area contributed by atoms with Gasteiger partial charge in [0.25, 0.3) is 5.78 Å². The lowest BCUT2D eigenvalue weighted by molar-refractivity contribution is -0.167. The monoisotopic (exact) mass is 536 g/mol. The van der Waals surface area contributed by atoms with E-state index in [9.17, 15) is 22.8 Å². The molecule has 2 aromatic carbocycles. The molecule has 2 heterocycles. The van der Waals surface area contributed by atoms with E-state index < -0.39 is 17.4 Å². The molecule has 4 nitrogen and oxygen atoms in total. The number of Topliss-reactive ketones (excluding diaryl/α,β-unsaturated/α-hetero) is 2. The molecule has 0 atom stereocenters. The third kappa shape index (κ3) is 5.58. The van der Waals surface area contributed by atoms with Crippen molar-refractivity contribution >= 4 is 22.9 Å². The molecule has 0 fully saturated rings. The van der Waals surface area contributed by atoms with Crippen LogP contribution in [0.5, 0.6) is 0 Å². The Morgan fingerprint density at radius 1 is 0.846 bits per heavy atom. The first-order chi connectivity index (χ1) is 18.0. The standard InChI is InChI=1S/C32H35F3N2O2/c1-20-16-23(8-10-27(20)36-14-12-30(4,5)25(18-36)22(3)38)24-9-11-28(21(2)17-24)37-15-13-31(6,7)26(19-37)29(39)32(33,34)35/h8-11,13,15-19H,12,14H2,1-7H3. The molecule has 0 amide bonds. The number of hydrogen-bond acceptors (Lipinski definition) is 4. The van der Waals surface area contributed by atoms with Crippen LogP contribution in [0.1, 0.15) is 52.2 Å². The van der Waals surface area contributed by atoms with Gasteiger partial charge in [-0.15, -0.1) is 0 Å². The normalized spacial score (nSPS) is 18.5. The summed E-state index contributed by atoms with van der Waals surface area (Å²) in [6, 6.07) is 12.0. The van der Waals surface area contributed by atoms with Crippen LogP contribution in [0.15, 0.2) is 72.2 Å². The van der Waals surface area contributed by atoms with Crippen molar-refractivity contribution in [3.05, 3.63) is 83.3 Å². The van der Waals surface area contributed by atoms with Crippen molar-refractivity contribution in [2.24, 2.45) is 10.8 Å². The molecule has 2 aromatic rings. The Morgan fingerprint density at radius 2 is 1.41 bits per heavy atom. The van der Waals surface area contributed by atoms with E-state index in [0.717, 1.165) is 46.5 Å². The van der Waals surface area contributed by atoms with Gasteiger partial charge in [-0.1, -0.05) is 45.9 Å². The first kappa shape index (κ1) is 28.4. The van der Waals surface area contributed by atoms with Crippen LogP contribution in [0.3, 0.4) is 0 Å². The van der Waals surface area contributed by atoms with E-state index >= 15 is 0 Å². The molecule has 0 N–H and O–H groups in total. The Bertz CT molecular complexity index is 1430. The van der Waals surface area contributed by atoms with Gasteiger partial charge in [-0.05, 0) is 79.1 Å². The van der Waals surface area contributed by atoms with Crippen molar-refractivity contribution in [2.75, 3.05) is 16.3 Å². The molecule has 0 saturated carbocycles. The summed E-state index contributed by atoms with van der Waals surface area (Å²) in [7, 11) is 0. The van der Waals surface area contributed by atoms with Crippen LogP contribution in [-0.4, -0.2) is 24.3 Å². The zero-order valence-electron chi connectivity index (χ0n) is 23.5. The van der Waals surface area contributed by atoms with E-state index in [1.54, 1.807) is 37.9 Å². The van der Waals surface area contributed by atoms with Crippen molar-refractivity contribution in [2.45, 2.75) is 61.1 Å². The molecule has 0 radical (unpaired) electrons. The molecule has 7 heteroatoms. The summed E-state index contributed by atoms with van der Waals surface area (Å²) in [5.74, 6) is -1.74. The molecule has 4 rings (SSSR count). The lowest BCUT2D eigenvalue weighted by Gasteiger charge is -2.37. The topological polar surface area (TPSA) is 40.6 Å². The van der Waals surface area contributed by atoms with Crippen LogP contribution in [0.2, 0.25) is 0 Å². The second kappa shape index (κ2) is 9.85. The number of nitrogens with zero attached hydrogens (tertiary/aromatic N) is 2. The summed E-state index contributed by atoms with van der Waals surface area (Å²) in [5, 5.41) is 0. The minimum atomic E-state index is -4.93. The quantitative estimate of drug-likeness (QED) is 0.388. The van der Waals surface area contributed by atoms with E-state index in [1.165, 1.54) is 6.20 Å². The van der Waals surface area contributed by atoms with Crippen LogP contribution in [0, 0.1) is 24.7 Å². The minimum absolute atomic E-state index is 0.0892. The van der Waals surface area contributed by atoms with Crippen LogP contribution >= 0.6 is 0 Å². The number of benzene rings is 2. The summed E-state index contributed by atoms with van der Waals surface area (Å²) in [6.45, 7) is 13.8. The molecule has 39 heavy (non-hydrogen) atoms. The van der Waals surface area contributed by atoms with Gasteiger partial charge in [-0.3, -0.25) is 9.59 Å². The summed E-state index contributed by atoms with van der Waals surface area (Å²) in [6.07, 6.45) is 2.54. The summed E-state index contributed by atoms with van der Waals surface area (Å²) in [4.78, 5) is 28.1. The number of hydrogen-bond donors (Lipinski definition) is 0. The van der Waals surface area contributed by atoms with Crippen LogP contribution in [0.25, 0.3) is 11.1 Å². The molecule has 0 bridgehead atoms. The maximum Gasteiger partial charge on any atom is 0.454 e. The Labute approximate surface area is 228 Å². The lowest BCUT2D eigenvalue weighted by atomic mass is 9.77. The average Bonchev–Trinajstić information content (AvgIpc) is 2.83. The largest absolute Gasteiger partial charge is 0.454 e. The fourth-order valence-electron chi connectivity index (χ4n) is 5.33. The van der Waals surface area contributed by atoms with Gasteiger partial charge in [0.05, 0.1) is 0 Å². The minimum Gasteiger partial charge on any atom is -0.347 e. The highest BCUT2D eigenvalue weighted by Crippen LogP contribution is 2.40. The number of halogens is 3. The number of rotatable bonds is 5.